The minimum atomic E-state index is -0.483. The molecule has 0 aliphatic rings. The van der Waals surface area contributed by atoms with Crippen LogP contribution in [0.15, 0.2) is 60.2 Å². The monoisotopic (exact) mass is 444 g/mol. The van der Waals surface area contributed by atoms with Crippen LogP contribution in [-0.4, -0.2) is 5.91 Å². The number of carbonyl (C=O) groups excluding carboxylic acids is 1. The molecule has 0 saturated heterocycles. The Morgan fingerprint density at radius 2 is 1.72 bits per heavy atom. The summed E-state index contributed by atoms with van der Waals surface area (Å²) in [6.07, 6.45) is 1.55. The van der Waals surface area contributed by atoms with Crippen molar-refractivity contribution in [2.75, 3.05) is 5.32 Å². The number of benzene rings is 3. The fourth-order valence-electron chi connectivity index (χ4n) is 3.50. The molecule has 1 N–H and O–H groups in total. The van der Waals surface area contributed by atoms with Crippen LogP contribution in [0.2, 0.25) is 5.02 Å². The summed E-state index contributed by atoms with van der Waals surface area (Å²) in [5, 5.41) is 12.8. The zero-order chi connectivity index (χ0) is 23.3. The van der Waals surface area contributed by atoms with E-state index < -0.39 is 5.91 Å². The topological polar surface area (TPSA) is 62.1 Å². The van der Waals surface area contributed by atoms with Crippen molar-refractivity contribution in [1.82, 2.24) is 0 Å². The first-order chi connectivity index (χ1) is 15.3. The average molecular weight is 445 g/mol. The Kier molecular flexibility index (Phi) is 7.35. The van der Waals surface area contributed by atoms with E-state index in [1.807, 2.05) is 37.3 Å². The van der Waals surface area contributed by atoms with Gasteiger partial charge in [0.25, 0.3) is 5.91 Å². The van der Waals surface area contributed by atoms with Crippen LogP contribution in [0.5, 0.6) is 5.75 Å². The van der Waals surface area contributed by atoms with Crippen LogP contribution in [0, 0.1) is 39.0 Å². The molecule has 4 nitrogen and oxygen atoms in total. The predicted molar refractivity (Wildman–Crippen MR) is 130 cm³/mol. The number of anilines is 1. The van der Waals surface area contributed by atoms with Gasteiger partial charge in [-0.05, 0) is 85.9 Å². The van der Waals surface area contributed by atoms with Gasteiger partial charge in [-0.2, -0.15) is 5.26 Å². The summed E-state index contributed by atoms with van der Waals surface area (Å²) in [4.78, 5) is 12.6. The molecule has 0 heterocycles. The number of rotatable bonds is 6. The minimum Gasteiger partial charge on any atom is -0.489 e. The van der Waals surface area contributed by atoms with E-state index >= 15 is 0 Å². The largest absolute Gasteiger partial charge is 0.489 e. The maximum absolute atomic E-state index is 12.6. The van der Waals surface area contributed by atoms with Gasteiger partial charge in [-0.15, -0.1) is 0 Å². The van der Waals surface area contributed by atoms with Crippen molar-refractivity contribution in [3.63, 3.8) is 0 Å². The molecule has 0 unspecified atom stereocenters. The van der Waals surface area contributed by atoms with Crippen LogP contribution < -0.4 is 10.1 Å². The van der Waals surface area contributed by atoms with Gasteiger partial charge in [0.2, 0.25) is 0 Å². The SMILES string of the molecule is Cc1cc(C)c(COc2ccc(/C=C(\C#N)C(=O)Nc3cccc(Cl)c3C)cc2)c(C)c1. The lowest BCUT2D eigenvalue weighted by molar-refractivity contribution is -0.112. The number of hydrogen-bond acceptors (Lipinski definition) is 3. The predicted octanol–water partition coefficient (Wildman–Crippen LogP) is 6.70. The van der Waals surface area contributed by atoms with E-state index in [0.717, 1.165) is 16.9 Å². The lowest BCUT2D eigenvalue weighted by atomic mass is 10.0. The molecule has 0 aliphatic heterocycles. The van der Waals surface area contributed by atoms with E-state index in [-0.39, 0.29) is 5.57 Å². The van der Waals surface area contributed by atoms with Gasteiger partial charge in [-0.1, -0.05) is 47.5 Å². The summed E-state index contributed by atoms with van der Waals surface area (Å²) in [7, 11) is 0. The summed E-state index contributed by atoms with van der Waals surface area (Å²) < 4.78 is 5.95. The first-order valence-electron chi connectivity index (χ1n) is 10.3. The normalized spacial score (nSPS) is 11.1. The number of nitriles is 1. The van der Waals surface area contributed by atoms with Crippen molar-refractivity contribution in [3.05, 3.63) is 98.6 Å². The molecular weight excluding hydrogens is 420 g/mol. The first-order valence-corrected chi connectivity index (χ1v) is 10.6. The smallest absolute Gasteiger partial charge is 0.266 e. The molecule has 162 valence electrons. The second-order valence-electron chi connectivity index (χ2n) is 7.77. The number of nitrogens with zero attached hydrogens (tertiary/aromatic N) is 1. The third-order valence-electron chi connectivity index (χ3n) is 5.30. The molecular formula is C27H25ClN2O2. The van der Waals surface area contributed by atoms with Crippen LogP contribution in [0.4, 0.5) is 5.69 Å². The van der Waals surface area contributed by atoms with Crippen LogP contribution >= 0.6 is 11.6 Å². The molecule has 3 rings (SSSR count). The van der Waals surface area contributed by atoms with Crippen LogP contribution in [-0.2, 0) is 11.4 Å². The highest BCUT2D eigenvalue weighted by atomic mass is 35.5. The highest BCUT2D eigenvalue weighted by Gasteiger charge is 2.12. The molecule has 3 aromatic carbocycles. The van der Waals surface area contributed by atoms with Crippen molar-refractivity contribution < 1.29 is 9.53 Å². The first kappa shape index (κ1) is 23.1. The van der Waals surface area contributed by atoms with Crippen LogP contribution in [0.3, 0.4) is 0 Å². The Balaban J connectivity index is 1.70. The zero-order valence-corrected chi connectivity index (χ0v) is 19.4. The van der Waals surface area contributed by atoms with E-state index in [1.54, 1.807) is 24.3 Å². The Bertz CT molecular complexity index is 1200. The van der Waals surface area contributed by atoms with Crippen LogP contribution in [0.25, 0.3) is 6.08 Å². The van der Waals surface area contributed by atoms with Crippen molar-refractivity contribution >= 4 is 29.3 Å². The molecule has 1 amide bonds. The summed E-state index contributed by atoms with van der Waals surface area (Å²) >= 11 is 6.10. The number of carbonyl (C=O) groups is 1. The van der Waals surface area contributed by atoms with Gasteiger partial charge in [0.1, 0.15) is 24.0 Å². The molecule has 32 heavy (non-hydrogen) atoms. The van der Waals surface area contributed by atoms with E-state index in [9.17, 15) is 10.1 Å². The maximum Gasteiger partial charge on any atom is 0.266 e. The van der Waals surface area contributed by atoms with Gasteiger partial charge in [-0.3, -0.25) is 4.79 Å². The quantitative estimate of drug-likeness (QED) is 0.340. The van der Waals surface area contributed by atoms with E-state index in [4.69, 9.17) is 16.3 Å². The fraction of sp³-hybridized carbons (Fsp3) is 0.185. The van der Waals surface area contributed by atoms with Gasteiger partial charge in [0, 0.05) is 10.7 Å². The standard InChI is InChI=1S/C27H25ClN2O2/c1-17-12-18(2)24(19(3)13-17)16-32-23-10-8-21(9-11-23)14-22(15-29)27(31)30-26-7-5-6-25(28)20(26)4/h5-14H,16H2,1-4H3,(H,30,31)/b22-14+. The molecule has 0 fully saturated rings. The van der Waals surface area contributed by atoms with E-state index in [0.29, 0.717) is 17.3 Å². The zero-order valence-electron chi connectivity index (χ0n) is 18.6. The summed E-state index contributed by atoms with van der Waals surface area (Å²) in [5.74, 6) is 0.238. The Hall–Kier alpha value is -3.55. The van der Waals surface area contributed by atoms with Crippen molar-refractivity contribution in [3.8, 4) is 11.8 Å². The highest BCUT2D eigenvalue weighted by Crippen LogP contribution is 2.24. The molecule has 0 radical (unpaired) electrons. The molecule has 0 saturated carbocycles. The molecule has 0 spiro atoms. The van der Waals surface area contributed by atoms with Gasteiger partial charge in [0.05, 0.1) is 0 Å². The lowest BCUT2D eigenvalue weighted by Gasteiger charge is -2.13. The van der Waals surface area contributed by atoms with E-state index in [1.165, 1.54) is 22.3 Å². The lowest BCUT2D eigenvalue weighted by Crippen LogP contribution is -2.14. The second-order valence-corrected chi connectivity index (χ2v) is 8.18. The fourth-order valence-corrected chi connectivity index (χ4v) is 3.68. The number of ether oxygens (including phenoxy) is 1. The van der Waals surface area contributed by atoms with Gasteiger partial charge >= 0.3 is 0 Å². The average Bonchev–Trinajstić information content (AvgIpc) is 2.75. The number of nitrogens with one attached hydrogen (secondary N) is 1. The van der Waals surface area contributed by atoms with Gasteiger partial charge < -0.3 is 10.1 Å². The summed E-state index contributed by atoms with van der Waals surface area (Å²) in [5.41, 5.74) is 6.90. The van der Waals surface area contributed by atoms with Crippen molar-refractivity contribution in [1.29, 1.82) is 5.26 Å². The molecule has 0 aliphatic carbocycles. The Morgan fingerprint density at radius 1 is 1.06 bits per heavy atom. The summed E-state index contributed by atoms with van der Waals surface area (Å²) in [6, 6.07) is 18.8. The van der Waals surface area contributed by atoms with Gasteiger partial charge in [-0.25, -0.2) is 0 Å². The van der Waals surface area contributed by atoms with Gasteiger partial charge in [0.15, 0.2) is 0 Å². The Morgan fingerprint density at radius 3 is 2.34 bits per heavy atom. The number of amides is 1. The highest BCUT2D eigenvalue weighted by molar-refractivity contribution is 6.31. The second kappa shape index (κ2) is 10.2. The molecule has 3 aromatic rings. The van der Waals surface area contributed by atoms with E-state index in [2.05, 4.69) is 38.2 Å². The Labute approximate surface area is 194 Å². The molecule has 0 aromatic heterocycles. The molecule has 5 heteroatoms. The molecule has 0 bridgehead atoms. The van der Waals surface area contributed by atoms with Crippen molar-refractivity contribution in [2.24, 2.45) is 0 Å². The van der Waals surface area contributed by atoms with Crippen LogP contribution in [0.1, 0.15) is 33.4 Å². The number of halogens is 1. The number of aryl methyl sites for hydroxylation is 3. The minimum absolute atomic E-state index is 0.00366. The van der Waals surface area contributed by atoms with Crippen molar-refractivity contribution in [2.45, 2.75) is 34.3 Å². The third-order valence-corrected chi connectivity index (χ3v) is 5.71. The summed E-state index contributed by atoms with van der Waals surface area (Å²) in [6.45, 7) is 8.56. The maximum atomic E-state index is 12.6. The third kappa shape index (κ3) is 5.57. The molecule has 0 atom stereocenters. The number of hydrogen-bond donors (Lipinski definition) is 1.